The summed E-state index contributed by atoms with van der Waals surface area (Å²) in [5, 5.41) is 3.11. The topological polar surface area (TPSA) is 73.6 Å². The van der Waals surface area contributed by atoms with Crippen molar-refractivity contribution in [2.24, 2.45) is 5.73 Å². The molecule has 5 nitrogen and oxygen atoms in total. The second-order valence-corrected chi connectivity index (χ2v) is 4.46. The second kappa shape index (κ2) is 8.44. The largest absolute Gasteiger partial charge is 0.385 e. The molecule has 0 aromatic heterocycles. The summed E-state index contributed by atoms with van der Waals surface area (Å²) >= 11 is 0. The summed E-state index contributed by atoms with van der Waals surface area (Å²) in [6.07, 6.45) is 1.42. The average Bonchev–Trinajstić information content (AvgIpc) is 2.24. The first kappa shape index (κ1) is 16.4. The van der Waals surface area contributed by atoms with Crippen molar-refractivity contribution in [3.05, 3.63) is 0 Å². The SMILES string of the molecule is CCNC(C)(CC(C)OCCCOC)C(N)=O. The Morgan fingerprint density at radius 1 is 1.47 bits per heavy atom. The summed E-state index contributed by atoms with van der Waals surface area (Å²) in [6, 6.07) is 0. The normalized spacial score (nSPS) is 16.5. The molecule has 1 amide bonds. The summed E-state index contributed by atoms with van der Waals surface area (Å²) in [6.45, 7) is 7.74. The highest BCUT2D eigenvalue weighted by atomic mass is 16.5. The Morgan fingerprint density at radius 3 is 2.59 bits per heavy atom. The summed E-state index contributed by atoms with van der Waals surface area (Å²) in [5.74, 6) is -0.341. The fourth-order valence-corrected chi connectivity index (χ4v) is 1.77. The van der Waals surface area contributed by atoms with E-state index >= 15 is 0 Å². The first-order valence-electron chi connectivity index (χ1n) is 6.11. The molecule has 0 heterocycles. The van der Waals surface area contributed by atoms with Crippen LogP contribution in [0.1, 0.15) is 33.6 Å². The first-order valence-corrected chi connectivity index (χ1v) is 6.11. The number of hydrogen-bond donors (Lipinski definition) is 2. The molecule has 0 radical (unpaired) electrons. The number of primary amides is 1. The standard InChI is InChI=1S/C12H26N2O3/c1-5-14-12(3,11(13)15)9-10(2)17-8-6-7-16-4/h10,14H,5-9H2,1-4H3,(H2,13,15). The number of carbonyl (C=O) groups is 1. The van der Waals surface area contributed by atoms with Gasteiger partial charge in [0.05, 0.1) is 11.6 Å². The van der Waals surface area contributed by atoms with E-state index in [0.29, 0.717) is 26.2 Å². The third-order valence-corrected chi connectivity index (χ3v) is 2.70. The van der Waals surface area contributed by atoms with Gasteiger partial charge in [-0.15, -0.1) is 0 Å². The molecule has 2 atom stereocenters. The van der Waals surface area contributed by atoms with Gasteiger partial charge in [0.15, 0.2) is 0 Å². The molecule has 3 N–H and O–H groups in total. The van der Waals surface area contributed by atoms with Gasteiger partial charge in [0.1, 0.15) is 0 Å². The van der Waals surface area contributed by atoms with E-state index in [-0.39, 0.29) is 12.0 Å². The van der Waals surface area contributed by atoms with Crippen molar-refractivity contribution in [1.82, 2.24) is 5.32 Å². The van der Waals surface area contributed by atoms with Gasteiger partial charge in [0.25, 0.3) is 0 Å². The van der Waals surface area contributed by atoms with E-state index in [1.807, 2.05) is 20.8 Å². The van der Waals surface area contributed by atoms with Crippen LogP contribution in [0.5, 0.6) is 0 Å². The van der Waals surface area contributed by atoms with Crippen molar-refractivity contribution in [1.29, 1.82) is 0 Å². The lowest BCUT2D eigenvalue weighted by molar-refractivity contribution is -0.125. The lowest BCUT2D eigenvalue weighted by Crippen LogP contribution is -2.54. The van der Waals surface area contributed by atoms with Crippen LogP contribution >= 0.6 is 0 Å². The van der Waals surface area contributed by atoms with Gasteiger partial charge in [-0.25, -0.2) is 0 Å². The van der Waals surface area contributed by atoms with Crippen LogP contribution in [-0.4, -0.2) is 44.4 Å². The molecule has 2 unspecified atom stereocenters. The third kappa shape index (κ3) is 6.61. The van der Waals surface area contributed by atoms with E-state index in [2.05, 4.69) is 5.32 Å². The Morgan fingerprint density at radius 2 is 2.12 bits per heavy atom. The summed E-state index contributed by atoms with van der Waals surface area (Å²) in [4.78, 5) is 11.4. The maximum Gasteiger partial charge on any atom is 0.237 e. The summed E-state index contributed by atoms with van der Waals surface area (Å²) in [7, 11) is 1.67. The van der Waals surface area contributed by atoms with Crippen LogP contribution in [0, 0.1) is 0 Å². The molecular weight excluding hydrogens is 220 g/mol. The predicted octanol–water partition coefficient (Wildman–Crippen LogP) is 0.672. The maximum atomic E-state index is 11.4. The van der Waals surface area contributed by atoms with Gasteiger partial charge >= 0.3 is 0 Å². The molecule has 0 bridgehead atoms. The Kier molecular flexibility index (Phi) is 8.12. The molecule has 5 heteroatoms. The van der Waals surface area contributed by atoms with Crippen molar-refractivity contribution in [3.8, 4) is 0 Å². The van der Waals surface area contributed by atoms with E-state index in [0.717, 1.165) is 6.42 Å². The maximum absolute atomic E-state index is 11.4. The van der Waals surface area contributed by atoms with Gasteiger partial charge < -0.3 is 20.5 Å². The number of carbonyl (C=O) groups excluding carboxylic acids is 1. The Labute approximate surface area is 104 Å². The Hall–Kier alpha value is -0.650. The predicted molar refractivity (Wildman–Crippen MR) is 67.8 cm³/mol. The molecular formula is C12H26N2O3. The van der Waals surface area contributed by atoms with Crippen molar-refractivity contribution >= 4 is 5.91 Å². The van der Waals surface area contributed by atoms with Gasteiger partial charge in [-0.3, -0.25) is 4.79 Å². The van der Waals surface area contributed by atoms with Crippen molar-refractivity contribution in [2.45, 2.75) is 45.3 Å². The van der Waals surface area contributed by atoms with E-state index in [4.69, 9.17) is 15.2 Å². The zero-order valence-electron chi connectivity index (χ0n) is 11.4. The molecule has 0 fully saturated rings. The molecule has 0 aliphatic heterocycles. The molecule has 0 spiro atoms. The quantitative estimate of drug-likeness (QED) is 0.556. The third-order valence-electron chi connectivity index (χ3n) is 2.70. The zero-order chi connectivity index (χ0) is 13.3. The first-order chi connectivity index (χ1) is 7.96. The van der Waals surface area contributed by atoms with E-state index < -0.39 is 5.54 Å². The highest BCUT2D eigenvalue weighted by Gasteiger charge is 2.31. The smallest absolute Gasteiger partial charge is 0.237 e. The number of likely N-dealkylation sites (N-methyl/N-ethyl adjacent to an activating group) is 1. The lowest BCUT2D eigenvalue weighted by Gasteiger charge is -2.29. The van der Waals surface area contributed by atoms with Crippen LogP contribution in [0.3, 0.4) is 0 Å². The number of hydrogen-bond acceptors (Lipinski definition) is 4. The minimum absolute atomic E-state index is 0.0107. The minimum Gasteiger partial charge on any atom is -0.385 e. The van der Waals surface area contributed by atoms with Crippen molar-refractivity contribution < 1.29 is 14.3 Å². The number of rotatable bonds is 10. The van der Waals surface area contributed by atoms with Crippen LogP contribution < -0.4 is 11.1 Å². The molecule has 0 aliphatic carbocycles. The Balaban J connectivity index is 4.04. The fourth-order valence-electron chi connectivity index (χ4n) is 1.77. The highest BCUT2D eigenvalue weighted by Crippen LogP contribution is 2.14. The zero-order valence-corrected chi connectivity index (χ0v) is 11.4. The second-order valence-electron chi connectivity index (χ2n) is 4.46. The van der Waals surface area contributed by atoms with Crippen molar-refractivity contribution in [2.75, 3.05) is 26.9 Å². The van der Waals surface area contributed by atoms with Gasteiger partial charge in [0, 0.05) is 26.7 Å². The average molecular weight is 246 g/mol. The monoisotopic (exact) mass is 246 g/mol. The summed E-state index contributed by atoms with van der Waals surface area (Å²) < 4.78 is 10.5. The van der Waals surface area contributed by atoms with E-state index in [9.17, 15) is 4.79 Å². The minimum atomic E-state index is -0.699. The number of methoxy groups -OCH3 is 1. The molecule has 0 aromatic carbocycles. The molecule has 0 rings (SSSR count). The van der Waals surface area contributed by atoms with Crippen LogP contribution in [0.15, 0.2) is 0 Å². The molecule has 0 saturated heterocycles. The number of nitrogens with one attached hydrogen (secondary N) is 1. The van der Waals surface area contributed by atoms with Crippen LogP contribution in [0.2, 0.25) is 0 Å². The fraction of sp³-hybridized carbons (Fsp3) is 0.917. The highest BCUT2D eigenvalue weighted by molar-refractivity contribution is 5.84. The van der Waals surface area contributed by atoms with Crippen LogP contribution in [0.25, 0.3) is 0 Å². The lowest BCUT2D eigenvalue weighted by atomic mass is 9.94. The van der Waals surface area contributed by atoms with Gasteiger partial charge in [-0.1, -0.05) is 6.92 Å². The summed E-state index contributed by atoms with van der Waals surface area (Å²) in [5.41, 5.74) is 4.71. The molecule has 17 heavy (non-hydrogen) atoms. The van der Waals surface area contributed by atoms with Crippen molar-refractivity contribution in [3.63, 3.8) is 0 Å². The van der Waals surface area contributed by atoms with Crippen LogP contribution in [0.4, 0.5) is 0 Å². The van der Waals surface area contributed by atoms with Gasteiger partial charge in [-0.05, 0) is 26.8 Å². The van der Waals surface area contributed by atoms with Gasteiger partial charge in [-0.2, -0.15) is 0 Å². The number of ether oxygens (including phenoxy) is 2. The molecule has 0 saturated carbocycles. The van der Waals surface area contributed by atoms with E-state index in [1.54, 1.807) is 7.11 Å². The number of amides is 1. The molecule has 0 aromatic rings. The van der Waals surface area contributed by atoms with Gasteiger partial charge in [0.2, 0.25) is 5.91 Å². The molecule has 102 valence electrons. The molecule has 0 aliphatic rings. The Bertz CT molecular complexity index is 224. The number of nitrogens with two attached hydrogens (primary N) is 1. The van der Waals surface area contributed by atoms with E-state index in [1.165, 1.54) is 0 Å². The van der Waals surface area contributed by atoms with Crippen LogP contribution in [-0.2, 0) is 14.3 Å².